The van der Waals surface area contributed by atoms with Crippen LogP contribution in [0.5, 0.6) is 5.88 Å². The van der Waals surface area contributed by atoms with Crippen LogP contribution in [0, 0.1) is 0 Å². The molecule has 1 unspecified atom stereocenters. The minimum atomic E-state index is -4.44. The van der Waals surface area contributed by atoms with Gasteiger partial charge in [0.25, 0.3) is 0 Å². The lowest BCUT2D eigenvalue weighted by molar-refractivity contribution is -0.137. The summed E-state index contributed by atoms with van der Waals surface area (Å²) < 4.78 is 46.5. The Hall–Kier alpha value is -2.17. The summed E-state index contributed by atoms with van der Waals surface area (Å²) in [6.07, 6.45) is -3.81. The third kappa shape index (κ3) is 3.47. The fourth-order valence-electron chi connectivity index (χ4n) is 3.37. The van der Waals surface area contributed by atoms with Crippen molar-refractivity contribution in [3.05, 3.63) is 46.1 Å². The molecular formula is C18H19F3N4O2S. The van der Waals surface area contributed by atoms with Gasteiger partial charge in [0, 0.05) is 19.5 Å². The molecule has 0 aliphatic carbocycles. The highest BCUT2D eigenvalue weighted by molar-refractivity contribution is 7.17. The van der Waals surface area contributed by atoms with Gasteiger partial charge in [-0.2, -0.15) is 17.7 Å². The second-order valence-electron chi connectivity index (χ2n) is 6.54. The average molecular weight is 412 g/mol. The van der Waals surface area contributed by atoms with Gasteiger partial charge in [-0.15, -0.1) is 5.10 Å². The number of aromatic nitrogens is 3. The lowest BCUT2D eigenvalue weighted by atomic mass is 10.0. The first kappa shape index (κ1) is 19.2. The summed E-state index contributed by atoms with van der Waals surface area (Å²) in [5.74, 6) is 0.524. The fraction of sp³-hybridized carbons (Fsp3) is 0.444. The Labute approximate surface area is 163 Å². The number of aryl methyl sites for hydroxylation is 1. The summed E-state index contributed by atoms with van der Waals surface area (Å²) in [5, 5.41) is 15.1. The number of halogens is 3. The van der Waals surface area contributed by atoms with Crippen molar-refractivity contribution in [2.45, 2.75) is 25.6 Å². The highest BCUT2D eigenvalue weighted by Gasteiger charge is 2.34. The van der Waals surface area contributed by atoms with E-state index < -0.39 is 17.8 Å². The van der Waals surface area contributed by atoms with Crippen molar-refractivity contribution in [3.8, 4) is 5.88 Å². The number of hydrogen-bond acceptors (Lipinski definition) is 6. The number of rotatable bonds is 4. The number of fused-ring (bicyclic) bond motifs is 1. The molecule has 1 fully saturated rings. The van der Waals surface area contributed by atoms with Crippen LogP contribution in [-0.4, -0.2) is 50.9 Å². The monoisotopic (exact) mass is 412 g/mol. The molecular weight excluding hydrogens is 393 g/mol. The van der Waals surface area contributed by atoms with E-state index in [1.807, 2.05) is 11.8 Å². The average Bonchev–Trinajstić information content (AvgIpc) is 3.22. The van der Waals surface area contributed by atoms with Gasteiger partial charge in [-0.05, 0) is 17.7 Å². The second-order valence-corrected chi connectivity index (χ2v) is 7.55. The summed E-state index contributed by atoms with van der Waals surface area (Å²) >= 11 is 1.25. The van der Waals surface area contributed by atoms with Crippen LogP contribution >= 0.6 is 11.3 Å². The van der Waals surface area contributed by atoms with Crippen LogP contribution in [0.2, 0.25) is 0 Å². The predicted octanol–water partition coefficient (Wildman–Crippen LogP) is 3.50. The highest BCUT2D eigenvalue weighted by Crippen LogP contribution is 2.41. The fourth-order valence-corrected chi connectivity index (χ4v) is 4.50. The van der Waals surface area contributed by atoms with E-state index in [2.05, 4.69) is 10.1 Å². The van der Waals surface area contributed by atoms with Crippen molar-refractivity contribution >= 4 is 16.3 Å². The van der Waals surface area contributed by atoms with E-state index in [9.17, 15) is 18.3 Å². The van der Waals surface area contributed by atoms with Crippen molar-refractivity contribution < 1.29 is 23.0 Å². The van der Waals surface area contributed by atoms with Crippen molar-refractivity contribution in [2.24, 2.45) is 0 Å². The Kier molecular flexibility index (Phi) is 5.02. The van der Waals surface area contributed by atoms with Gasteiger partial charge in [0.1, 0.15) is 0 Å². The lowest BCUT2D eigenvalue weighted by Gasteiger charge is -2.34. The molecule has 150 valence electrons. The van der Waals surface area contributed by atoms with Gasteiger partial charge < -0.3 is 9.84 Å². The van der Waals surface area contributed by atoms with Crippen LogP contribution in [0.25, 0.3) is 4.96 Å². The quantitative estimate of drug-likeness (QED) is 0.711. The van der Waals surface area contributed by atoms with E-state index in [0.29, 0.717) is 53.9 Å². The summed E-state index contributed by atoms with van der Waals surface area (Å²) in [6, 6.07) is 4.71. The van der Waals surface area contributed by atoms with E-state index in [1.54, 1.807) is 6.07 Å². The molecule has 4 rings (SSSR count). The third-order valence-electron chi connectivity index (χ3n) is 4.75. The predicted molar refractivity (Wildman–Crippen MR) is 97.6 cm³/mol. The van der Waals surface area contributed by atoms with Crippen molar-refractivity contribution in [2.75, 3.05) is 26.3 Å². The number of nitrogens with zero attached hydrogens (tertiary/aromatic N) is 4. The number of benzene rings is 1. The van der Waals surface area contributed by atoms with Crippen LogP contribution < -0.4 is 0 Å². The largest absolute Gasteiger partial charge is 0.492 e. The van der Waals surface area contributed by atoms with E-state index in [-0.39, 0.29) is 5.88 Å². The molecule has 6 nitrogen and oxygen atoms in total. The van der Waals surface area contributed by atoms with Crippen molar-refractivity contribution in [3.63, 3.8) is 0 Å². The minimum absolute atomic E-state index is 0.0823. The van der Waals surface area contributed by atoms with Crippen LogP contribution in [0.4, 0.5) is 13.2 Å². The molecule has 3 aromatic rings. The highest BCUT2D eigenvalue weighted by atomic mass is 32.1. The molecule has 1 saturated heterocycles. The summed E-state index contributed by atoms with van der Waals surface area (Å²) in [7, 11) is 0. The van der Waals surface area contributed by atoms with E-state index in [4.69, 9.17) is 4.74 Å². The normalized spacial score (nSPS) is 17.3. The van der Waals surface area contributed by atoms with E-state index in [0.717, 1.165) is 12.1 Å². The standard InChI is InChI=1S/C18H19F3N4O2S/c1-2-13-22-17-25(23-13)16(26)15(28-17)14(24-6-8-27-9-7-24)11-4-3-5-12(10-11)18(19,20)21/h3-5,10,14,26H,2,6-9H2,1H3. The first-order valence-electron chi connectivity index (χ1n) is 8.94. The topological polar surface area (TPSA) is 62.9 Å². The molecule has 1 aliphatic heterocycles. The maximum absolute atomic E-state index is 13.3. The van der Waals surface area contributed by atoms with Gasteiger partial charge in [0.2, 0.25) is 10.8 Å². The Balaban J connectivity index is 1.83. The van der Waals surface area contributed by atoms with Crippen molar-refractivity contribution in [1.82, 2.24) is 19.5 Å². The molecule has 1 aliphatic rings. The summed E-state index contributed by atoms with van der Waals surface area (Å²) in [4.78, 5) is 7.45. The molecule has 0 saturated carbocycles. The molecule has 2 aromatic heterocycles. The number of hydrogen-bond donors (Lipinski definition) is 1. The molecule has 10 heteroatoms. The zero-order valence-corrected chi connectivity index (χ0v) is 15.9. The third-order valence-corrected chi connectivity index (χ3v) is 5.82. The maximum Gasteiger partial charge on any atom is 0.416 e. The minimum Gasteiger partial charge on any atom is -0.492 e. The zero-order valence-electron chi connectivity index (χ0n) is 15.1. The number of aromatic hydroxyl groups is 1. The van der Waals surface area contributed by atoms with Crippen molar-refractivity contribution in [1.29, 1.82) is 0 Å². The zero-order chi connectivity index (χ0) is 19.9. The first-order chi connectivity index (χ1) is 13.4. The Morgan fingerprint density at radius 2 is 2.04 bits per heavy atom. The molecule has 3 heterocycles. The smallest absolute Gasteiger partial charge is 0.416 e. The first-order valence-corrected chi connectivity index (χ1v) is 9.76. The Morgan fingerprint density at radius 1 is 1.29 bits per heavy atom. The molecule has 1 atom stereocenters. The number of morpholine rings is 1. The molecule has 0 radical (unpaired) electrons. The molecule has 0 amide bonds. The van der Waals surface area contributed by atoms with Crippen LogP contribution in [0.3, 0.4) is 0 Å². The maximum atomic E-state index is 13.3. The number of ether oxygens (including phenoxy) is 1. The molecule has 28 heavy (non-hydrogen) atoms. The van der Waals surface area contributed by atoms with Gasteiger partial charge in [-0.25, -0.2) is 4.98 Å². The van der Waals surface area contributed by atoms with Gasteiger partial charge >= 0.3 is 6.18 Å². The SMILES string of the molecule is CCc1nc2sc(C(c3cccc(C(F)(F)F)c3)N3CCOCC3)c(O)n2n1. The van der Waals surface area contributed by atoms with E-state index in [1.165, 1.54) is 21.9 Å². The Bertz CT molecular complexity index is 979. The summed E-state index contributed by atoms with van der Waals surface area (Å²) in [5.41, 5.74) is -0.247. The van der Waals surface area contributed by atoms with Crippen LogP contribution in [-0.2, 0) is 17.3 Å². The van der Waals surface area contributed by atoms with Gasteiger partial charge in [0.05, 0.1) is 29.7 Å². The van der Waals surface area contributed by atoms with Crippen LogP contribution in [0.1, 0.15) is 34.8 Å². The molecule has 1 aromatic carbocycles. The summed E-state index contributed by atoms with van der Waals surface area (Å²) in [6.45, 7) is 3.98. The van der Waals surface area contributed by atoms with Gasteiger partial charge in [-0.1, -0.05) is 30.4 Å². The number of alkyl halides is 3. The second kappa shape index (κ2) is 7.34. The lowest BCUT2D eigenvalue weighted by Crippen LogP contribution is -2.39. The van der Waals surface area contributed by atoms with Gasteiger partial charge in [0.15, 0.2) is 5.82 Å². The van der Waals surface area contributed by atoms with Gasteiger partial charge in [-0.3, -0.25) is 4.90 Å². The molecule has 0 spiro atoms. The number of thiazole rings is 1. The van der Waals surface area contributed by atoms with Crippen LogP contribution in [0.15, 0.2) is 24.3 Å². The molecule has 1 N–H and O–H groups in total. The van der Waals surface area contributed by atoms with E-state index >= 15 is 0 Å². The Morgan fingerprint density at radius 3 is 2.68 bits per heavy atom. The molecule has 0 bridgehead atoms.